The number of imide groups is 1. The zero-order chi connectivity index (χ0) is 19.4. The highest BCUT2D eigenvalue weighted by molar-refractivity contribution is 7.92. The molecule has 8 heteroatoms. The minimum atomic E-state index is -3.72. The lowest BCUT2D eigenvalue weighted by Crippen LogP contribution is -2.35. The van der Waals surface area contributed by atoms with Gasteiger partial charge in [-0.3, -0.25) is 9.59 Å². The maximum Gasteiger partial charge on any atom is 0.348 e. The van der Waals surface area contributed by atoms with Crippen molar-refractivity contribution >= 4 is 27.6 Å². The van der Waals surface area contributed by atoms with E-state index < -0.39 is 33.4 Å². The molecular weight excluding hydrogens is 370 g/mol. The Labute approximate surface area is 156 Å². The lowest BCUT2D eigenvalue weighted by molar-refractivity contribution is -0.165. The first-order valence-corrected chi connectivity index (χ1v) is 10.1. The van der Waals surface area contributed by atoms with E-state index in [1.807, 2.05) is 30.3 Å². The largest absolute Gasteiger partial charge is 0.348 e. The Kier molecular flexibility index (Phi) is 5.36. The maximum absolute atomic E-state index is 12.1. The predicted molar refractivity (Wildman–Crippen MR) is 96.5 cm³/mol. The molecule has 0 aromatic heterocycles. The van der Waals surface area contributed by atoms with Gasteiger partial charge in [0, 0.05) is 0 Å². The smallest absolute Gasteiger partial charge is 0.329 e. The van der Waals surface area contributed by atoms with Crippen molar-refractivity contribution in [3.05, 3.63) is 71.3 Å². The Morgan fingerprint density at radius 3 is 2.04 bits per heavy atom. The average Bonchev–Trinajstić information content (AvgIpc) is 2.87. The van der Waals surface area contributed by atoms with E-state index >= 15 is 0 Å². The van der Waals surface area contributed by atoms with Crippen LogP contribution >= 0.6 is 0 Å². The molecule has 0 unspecified atom stereocenters. The summed E-state index contributed by atoms with van der Waals surface area (Å²) in [5, 5.41) is 0.312. The molecule has 0 radical (unpaired) electrons. The molecule has 2 aromatic rings. The zero-order valence-electron chi connectivity index (χ0n) is 14.3. The lowest BCUT2D eigenvalue weighted by atomic mass is 10.1. The maximum atomic E-state index is 12.1. The second-order valence-corrected chi connectivity index (χ2v) is 8.28. The molecular formula is C19H17NO6S. The molecule has 3 rings (SSSR count). The number of rotatable bonds is 7. The highest BCUT2D eigenvalue weighted by atomic mass is 32.2. The van der Waals surface area contributed by atoms with E-state index in [9.17, 15) is 22.8 Å². The summed E-state index contributed by atoms with van der Waals surface area (Å²) >= 11 is 0. The fraction of sp³-hybridized carbons (Fsp3) is 0.211. The Morgan fingerprint density at radius 1 is 0.889 bits per heavy atom. The Hall–Kier alpha value is -3.00. The predicted octanol–water partition coefficient (Wildman–Crippen LogP) is 1.79. The van der Waals surface area contributed by atoms with Crippen LogP contribution in [0.15, 0.2) is 54.6 Å². The van der Waals surface area contributed by atoms with Gasteiger partial charge in [0.05, 0.1) is 16.9 Å². The van der Waals surface area contributed by atoms with Crippen LogP contribution in [0.25, 0.3) is 0 Å². The van der Waals surface area contributed by atoms with E-state index in [-0.39, 0.29) is 16.9 Å². The van der Waals surface area contributed by atoms with Crippen molar-refractivity contribution < 1.29 is 27.6 Å². The molecule has 7 nitrogen and oxygen atoms in total. The van der Waals surface area contributed by atoms with Crippen molar-refractivity contribution in [3.8, 4) is 0 Å². The molecule has 2 aromatic carbocycles. The van der Waals surface area contributed by atoms with Gasteiger partial charge in [-0.2, -0.15) is 0 Å². The molecule has 0 atom stereocenters. The third-order valence-corrected chi connectivity index (χ3v) is 5.64. The average molecular weight is 387 g/mol. The second kappa shape index (κ2) is 7.71. The number of aryl methyl sites for hydroxylation is 1. The number of carbonyl (C=O) groups is 3. The minimum Gasteiger partial charge on any atom is -0.329 e. The Balaban J connectivity index is 1.54. The summed E-state index contributed by atoms with van der Waals surface area (Å²) in [4.78, 5) is 40.9. The van der Waals surface area contributed by atoms with Crippen molar-refractivity contribution in [2.45, 2.75) is 12.8 Å². The number of amides is 2. The second-order valence-electron chi connectivity index (χ2n) is 6.09. The van der Waals surface area contributed by atoms with Gasteiger partial charge < -0.3 is 4.84 Å². The van der Waals surface area contributed by atoms with Crippen LogP contribution in [0.1, 0.15) is 32.7 Å². The minimum absolute atomic E-state index is 0.112. The zero-order valence-corrected chi connectivity index (χ0v) is 15.1. The highest BCUT2D eigenvalue weighted by Crippen LogP contribution is 2.22. The third-order valence-electron chi connectivity index (χ3n) is 4.05. The van der Waals surface area contributed by atoms with Crippen LogP contribution in [0.4, 0.5) is 0 Å². The molecule has 0 fully saturated rings. The van der Waals surface area contributed by atoms with E-state index in [1.54, 1.807) is 12.1 Å². The van der Waals surface area contributed by atoms with Crippen LogP contribution in [0, 0.1) is 0 Å². The number of sulfone groups is 1. The summed E-state index contributed by atoms with van der Waals surface area (Å²) in [5.41, 5.74) is 1.23. The molecule has 0 aliphatic carbocycles. The van der Waals surface area contributed by atoms with Gasteiger partial charge in [0.2, 0.25) is 0 Å². The standard InChI is InChI=1S/C19H17NO6S/c21-17(13-27(24,25)12-6-9-14-7-2-1-3-8-14)26-20-18(22)15-10-4-5-11-16(15)19(20)23/h1-5,7-8,10-11H,6,9,12-13H2. The van der Waals surface area contributed by atoms with Gasteiger partial charge in [-0.05, 0) is 30.5 Å². The summed E-state index contributed by atoms with van der Waals surface area (Å²) in [6.07, 6.45) is 0.917. The first-order chi connectivity index (χ1) is 12.9. The number of hydrogen-bond acceptors (Lipinski definition) is 6. The monoisotopic (exact) mass is 387 g/mol. The highest BCUT2D eigenvalue weighted by Gasteiger charge is 2.39. The van der Waals surface area contributed by atoms with Gasteiger partial charge >= 0.3 is 5.97 Å². The summed E-state index contributed by atoms with van der Waals surface area (Å²) in [5.74, 6) is -3.83. The summed E-state index contributed by atoms with van der Waals surface area (Å²) in [6, 6.07) is 15.4. The van der Waals surface area contributed by atoms with E-state index in [2.05, 4.69) is 0 Å². The van der Waals surface area contributed by atoms with E-state index in [0.29, 0.717) is 17.9 Å². The van der Waals surface area contributed by atoms with Gasteiger partial charge in [0.15, 0.2) is 15.6 Å². The third kappa shape index (κ3) is 4.40. The Morgan fingerprint density at radius 2 is 1.44 bits per heavy atom. The molecule has 0 spiro atoms. The first kappa shape index (κ1) is 18.8. The number of hydroxylamine groups is 2. The normalized spacial score (nSPS) is 13.6. The molecule has 0 N–H and O–H groups in total. The number of carbonyl (C=O) groups excluding carboxylic acids is 3. The fourth-order valence-electron chi connectivity index (χ4n) is 2.77. The van der Waals surface area contributed by atoms with Crippen LogP contribution in [0.5, 0.6) is 0 Å². The Bertz CT molecular complexity index is 949. The molecule has 0 bridgehead atoms. The fourth-order valence-corrected chi connectivity index (χ4v) is 3.91. The quantitative estimate of drug-likeness (QED) is 0.672. The van der Waals surface area contributed by atoms with Gasteiger partial charge in [-0.25, -0.2) is 13.2 Å². The topological polar surface area (TPSA) is 97.8 Å². The molecule has 0 saturated heterocycles. The van der Waals surface area contributed by atoms with Crippen LogP contribution in [-0.4, -0.2) is 42.8 Å². The van der Waals surface area contributed by atoms with Crippen molar-refractivity contribution in [2.75, 3.05) is 11.5 Å². The van der Waals surface area contributed by atoms with E-state index in [0.717, 1.165) is 5.56 Å². The van der Waals surface area contributed by atoms with E-state index in [1.165, 1.54) is 12.1 Å². The molecule has 0 saturated carbocycles. The van der Waals surface area contributed by atoms with Crippen molar-refractivity contribution in [1.82, 2.24) is 5.06 Å². The van der Waals surface area contributed by atoms with Gasteiger partial charge in [-0.15, -0.1) is 0 Å². The van der Waals surface area contributed by atoms with Gasteiger partial charge in [0.1, 0.15) is 0 Å². The summed E-state index contributed by atoms with van der Waals surface area (Å²) in [7, 11) is -3.72. The molecule has 1 aliphatic heterocycles. The number of nitrogens with zero attached hydrogens (tertiary/aromatic N) is 1. The number of hydrogen-bond donors (Lipinski definition) is 0. The van der Waals surface area contributed by atoms with Gasteiger partial charge in [0.25, 0.3) is 11.8 Å². The van der Waals surface area contributed by atoms with Crippen molar-refractivity contribution in [3.63, 3.8) is 0 Å². The molecule has 2 amide bonds. The van der Waals surface area contributed by atoms with Crippen molar-refractivity contribution in [2.24, 2.45) is 0 Å². The molecule has 1 aliphatic rings. The van der Waals surface area contributed by atoms with Crippen LogP contribution < -0.4 is 0 Å². The SMILES string of the molecule is O=C(CS(=O)(=O)CCCc1ccccc1)ON1C(=O)c2ccccc2C1=O. The number of benzene rings is 2. The van der Waals surface area contributed by atoms with E-state index in [4.69, 9.17) is 4.84 Å². The molecule has 27 heavy (non-hydrogen) atoms. The summed E-state index contributed by atoms with van der Waals surface area (Å²) < 4.78 is 24.2. The number of fused-ring (bicyclic) bond motifs is 1. The van der Waals surface area contributed by atoms with Crippen LogP contribution in [0.2, 0.25) is 0 Å². The molecule has 1 heterocycles. The molecule has 140 valence electrons. The van der Waals surface area contributed by atoms with Crippen molar-refractivity contribution in [1.29, 1.82) is 0 Å². The van der Waals surface area contributed by atoms with Crippen LogP contribution in [0.3, 0.4) is 0 Å². The lowest BCUT2D eigenvalue weighted by Gasteiger charge is -2.12. The van der Waals surface area contributed by atoms with Crippen LogP contribution in [-0.2, 0) is 25.9 Å². The first-order valence-electron chi connectivity index (χ1n) is 8.30. The summed E-state index contributed by atoms with van der Waals surface area (Å²) in [6.45, 7) is 0. The van der Waals surface area contributed by atoms with Gasteiger partial charge in [-0.1, -0.05) is 47.5 Å².